The van der Waals surface area contributed by atoms with Gasteiger partial charge in [0.1, 0.15) is 5.75 Å². The molecule has 0 saturated heterocycles. The van der Waals surface area contributed by atoms with Crippen LogP contribution in [0.2, 0.25) is 0 Å². The number of carbonyl (C=O) groups excluding carboxylic acids is 1. The molecule has 0 aliphatic rings. The third-order valence-electron chi connectivity index (χ3n) is 1.30. The maximum Gasteiger partial charge on any atom is 1.00 e. The van der Waals surface area contributed by atoms with E-state index in [0.29, 0.717) is 0 Å². The predicted molar refractivity (Wildman–Crippen MR) is 41.1 cm³/mol. The molecule has 0 spiro atoms. The van der Waals surface area contributed by atoms with Gasteiger partial charge in [-0.05, 0) is 17.7 Å². The molecular weight excluding hydrogens is 165 g/mol. The number of amides is 1. The Bertz CT molecular complexity index is 258. The van der Waals surface area contributed by atoms with Crippen LogP contribution in [-0.4, -0.2) is 11.0 Å². The minimum Gasteiger partial charge on any atom is -0.667 e. The van der Waals surface area contributed by atoms with Crippen molar-refractivity contribution in [3.05, 3.63) is 35.6 Å². The number of phenolic OH excluding ortho intramolecular Hbond substituents is 1. The second-order valence-corrected chi connectivity index (χ2v) is 2.27. The van der Waals surface area contributed by atoms with Gasteiger partial charge in [0.25, 0.3) is 0 Å². The number of rotatable bonds is 2. The van der Waals surface area contributed by atoms with Gasteiger partial charge in [0.05, 0.1) is 5.91 Å². The first-order valence-electron chi connectivity index (χ1n) is 3.21. The molecule has 0 radical (unpaired) electrons. The Hall–Kier alpha value is -0.510. The van der Waals surface area contributed by atoms with Gasteiger partial charge in [-0.3, -0.25) is 0 Å². The third-order valence-corrected chi connectivity index (χ3v) is 1.30. The molecule has 0 bridgehead atoms. The van der Waals surface area contributed by atoms with E-state index in [9.17, 15) is 4.79 Å². The molecule has 1 amide bonds. The summed E-state index contributed by atoms with van der Waals surface area (Å²) >= 11 is 0. The molecule has 1 aromatic carbocycles. The van der Waals surface area contributed by atoms with Crippen molar-refractivity contribution < 1.29 is 39.5 Å². The first kappa shape index (κ1) is 11.5. The number of carbonyl (C=O) groups is 1. The van der Waals surface area contributed by atoms with Crippen LogP contribution in [-0.2, 0) is 11.2 Å². The predicted octanol–water partition coefficient (Wildman–Crippen LogP) is -1.48. The van der Waals surface area contributed by atoms with Gasteiger partial charge in [0.15, 0.2) is 0 Å². The summed E-state index contributed by atoms with van der Waals surface area (Å²) in [5.74, 6) is -0.443. The maximum absolute atomic E-state index is 10.3. The molecular formula is C8H8NNaO2. The zero-order chi connectivity index (χ0) is 8.27. The molecule has 1 aromatic rings. The summed E-state index contributed by atoms with van der Waals surface area (Å²) < 4.78 is 0. The minimum atomic E-state index is -0.615. The van der Waals surface area contributed by atoms with Crippen LogP contribution in [0.4, 0.5) is 0 Å². The first-order chi connectivity index (χ1) is 5.18. The molecule has 58 valence electrons. The topological polar surface area (TPSA) is 61.1 Å². The van der Waals surface area contributed by atoms with E-state index in [1.807, 2.05) is 0 Å². The number of hydrogen-bond donors (Lipinski definition) is 1. The van der Waals surface area contributed by atoms with Crippen LogP contribution in [0, 0.1) is 0 Å². The van der Waals surface area contributed by atoms with Crippen LogP contribution in [0.5, 0.6) is 5.75 Å². The molecule has 0 unspecified atom stereocenters. The van der Waals surface area contributed by atoms with Crippen molar-refractivity contribution in [3.63, 3.8) is 0 Å². The van der Waals surface area contributed by atoms with E-state index in [4.69, 9.17) is 10.8 Å². The smallest absolute Gasteiger partial charge is 0.667 e. The number of nitrogens with one attached hydrogen (secondary N) is 1. The van der Waals surface area contributed by atoms with Crippen LogP contribution < -0.4 is 29.6 Å². The number of hydrogen-bond acceptors (Lipinski definition) is 2. The normalized spacial score (nSPS) is 8.67. The Labute approximate surface area is 92.9 Å². The van der Waals surface area contributed by atoms with Crippen molar-refractivity contribution in [2.24, 2.45) is 0 Å². The molecule has 2 N–H and O–H groups in total. The Morgan fingerprint density at radius 2 is 1.83 bits per heavy atom. The van der Waals surface area contributed by atoms with Crippen LogP contribution in [0.25, 0.3) is 5.73 Å². The Morgan fingerprint density at radius 1 is 1.33 bits per heavy atom. The van der Waals surface area contributed by atoms with Gasteiger partial charge >= 0.3 is 29.6 Å². The summed E-state index contributed by atoms with van der Waals surface area (Å²) in [6.45, 7) is 0. The molecule has 0 aliphatic heterocycles. The average Bonchev–Trinajstić information content (AvgIpc) is 1.93. The van der Waals surface area contributed by atoms with E-state index < -0.39 is 5.91 Å². The van der Waals surface area contributed by atoms with Gasteiger partial charge in [-0.1, -0.05) is 12.1 Å². The van der Waals surface area contributed by atoms with Gasteiger partial charge in [0.2, 0.25) is 0 Å². The summed E-state index contributed by atoms with van der Waals surface area (Å²) in [5.41, 5.74) is 7.42. The van der Waals surface area contributed by atoms with Crippen LogP contribution in [0.3, 0.4) is 0 Å². The zero-order valence-electron chi connectivity index (χ0n) is 6.87. The monoisotopic (exact) mass is 173 g/mol. The molecule has 0 fully saturated rings. The van der Waals surface area contributed by atoms with E-state index in [-0.39, 0.29) is 41.7 Å². The average molecular weight is 173 g/mol. The molecule has 1 rings (SSSR count). The fourth-order valence-corrected chi connectivity index (χ4v) is 0.799. The molecule has 0 atom stereocenters. The van der Waals surface area contributed by atoms with Crippen molar-refractivity contribution in [2.75, 3.05) is 0 Å². The fraction of sp³-hybridized carbons (Fsp3) is 0.125. The summed E-state index contributed by atoms with van der Waals surface area (Å²) in [7, 11) is 0. The third kappa shape index (κ3) is 3.76. The first-order valence-corrected chi connectivity index (χ1v) is 3.21. The molecule has 12 heavy (non-hydrogen) atoms. The van der Waals surface area contributed by atoms with Crippen LogP contribution in [0.15, 0.2) is 24.3 Å². The van der Waals surface area contributed by atoms with Gasteiger partial charge in [-0.15, -0.1) is 0 Å². The summed E-state index contributed by atoms with van der Waals surface area (Å²) in [4.78, 5) is 10.3. The van der Waals surface area contributed by atoms with Crippen molar-refractivity contribution in [2.45, 2.75) is 6.42 Å². The van der Waals surface area contributed by atoms with Gasteiger partial charge in [-0.25, -0.2) is 0 Å². The van der Waals surface area contributed by atoms with Gasteiger partial charge in [0, 0.05) is 6.42 Å². The number of phenols is 1. The van der Waals surface area contributed by atoms with Crippen LogP contribution in [0.1, 0.15) is 5.56 Å². The molecule has 4 heteroatoms. The summed E-state index contributed by atoms with van der Waals surface area (Å²) in [5, 5.41) is 8.86. The molecule has 0 aromatic heterocycles. The van der Waals surface area contributed by atoms with E-state index in [2.05, 4.69) is 0 Å². The molecule has 0 heterocycles. The fourth-order valence-electron chi connectivity index (χ4n) is 0.799. The molecule has 3 nitrogen and oxygen atoms in total. The Kier molecular flexibility index (Phi) is 4.97. The zero-order valence-corrected chi connectivity index (χ0v) is 8.87. The van der Waals surface area contributed by atoms with Gasteiger partial charge < -0.3 is 15.6 Å². The van der Waals surface area contributed by atoms with Crippen LogP contribution >= 0.6 is 0 Å². The SMILES string of the molecule is [NH-]C(=O)Cc1ccc(O)cc1.[Na+]. The maximum atomic E-state index is 10.3. The quantitative estimate of drug-likeness (QED) is 0.554. The second-order valence-electron chi connectivity index (χ2n) is 2.27. The van der Waals surface area contributed by atoms with E-state index in [1.165, 1.54) is 12.1 Å². The van der Waals surface area contributed by atoms with Crippen molar-refractivity contribution in [3.8, 4) is 5.75 Å². The van der Waals surface area contributed by atoms with Gasteiger partial charge in [-0.2, -0.15) is 0 Å². The Morgan fingerprint density at radius 3 is 2.25 bits per heavy atom. The number of benzene rings is 1. The summed E-state index contributed by atoms with van der Waals surface area (Å²) in [6, 6.07) is 6.25. The second kappa shape index (κ2) is 5.19. The van der Waals surface area contributed by atoms with Crippen molar-refractivity contribution in [1.82, 2.24) is 0 Å². The van der Waals surface area contributed by atoms with E-state index in [1.54, 1.807) is 12.1 Å². The minimum absolute atomic E-state index is 0. The number of aromatic hydroxyl groups is 1. The molecule has 0 saturated carbocycles. The van der Waals surface area contributed by atoms with Crippen molar-refractivity contribution >= 4 is 5.91 Å². The van der Waals surface area contributed by atoms with E-state index in [0.717, 1.165) is 5.56 Å². The largest absolute Gasteiger partial charge is 1.00 e. The van der Waals surface area contributed by atoms with Crippen molar-refractivity contribution in [1.29, 1.82) is 0 Å². The molecule has 0 aliphatic carbocycles. The summed E-state index contributed by atoms with van der Waals surface area (Å²) in [6.07, 6.45) is 0.111. The Balaban J connectivity index is 0.00000121. The van der Waals surface area contributed by atoms with E-state index >= 15 is 0 Å². The standard InChI is InChI=1S/C8H9NO2.Na/c9-8(11)5-6-1-3-7(10)4-2-6;/h1-4H,5H2,(H3,9,10,11);/q;+1/p-1.